The number of methoxy groups -OCH3 is 1. The van der Waals surface area contributed by atoms with Gasteiger partial charge in [0, 0.05) is 0 Å². The van der Waals surface area contributed by atoms with Gasteiger partial charge in [0.1, 0.15) is 0 Å². The second-order valence-electron chi connectivity index (χ2n) is 6.14. The number of ether oxygens (including phenoxy) is 3. The van der Waals surface area contributed by atoms with Crippen LogP contribution in [0.1, 0.15) is 29.2 Å². The molecule has 0 saturated heterocycles. The van der Waals surface area contributed by atoms with E-state index in [1.165, 1.54) is 25.3 Å². The molecule has 3 N–H and O–H groups in total. The maximum absolute atomic E-state index is 12.5. The highest BCUT2D eigenvalue weighted by atomic mass is 16.5. The summed E-state index contributed by atoms with van der Waals surface area (Å²) in [5.41, 5.74) is 5.45. The van der Waals surface area contributed by atoms with Crippen molar-refractivity contribution >= 4 is 22.8 Å². The number of para-hydroxylation sites is 1. The minimum absolute atomic E-state index is 0.197. The van der Waals surface area contributed by atoms with Crippen LogP contribution in [-0.4, -0.2) is 35.6 Å². The summed E-state index contributed by atoms with van der Waals surface area (Å²) in [5.74, 6) is -0.549. The fourth-order valence-corrected chi connectivity index (χ4v) is 2.64. The standard InChI is InChI=1S/C20H19N3O6/c1-11(18-22-14-6-4-3-5-13(14)19(25)23-18)29-20(26)12-7-8-15(16(9-12)27-2)28-10-17(21)24/h3-9,11H,10H2,1-2H3,(H2,21,24)(H,22,23,25). The molecule has 1 aromatic heterocycles. The number of amides is 1. The van der Waals surface area contributed by atoms with Gasteiger partial charge >= 0.3 is 5.97 Å². The summed E-state index contributed by atoms with van der Waals surface area (Å²) in [6, 6.07) is 11.2. The van der Waals surface area contributed by atoms with Crippen LogP contribution in [0, 0.1) is 0 Å². The minimum atomic E-state index is -0.795. The summed E-state index contributed by atoms with van der Waals surface area (Å²) in [6.07, 6.45) is -0.795. The van der Waals surface area contributed by atoms with Crippen molar-refractivity contribution in [3.8, 4) is 11.5 Å². The van der Waals surface area contributed by atoms with Crippen molar-refractivity contribution in [1.82, 2.24) is 9.97 Å². The van der Waals surface area contributed by atoms with E-state index in [0.29, 0.717) is 10.9 Å². The van der Waals surface area contributed by atoms with Gasteiger partial charge in [-0.05, 0) is 37.3 Å². The molecular weight excluding hydrogens is 378 g/mol. The molecule has 3 aromatic rings. The van der Waals surface area contributed by atoms with Crippen molar-refractivity contribution < 1.29 is 23.8 Å². The summed E-state index contributed by atoms with van der Waals surface area (Å²) in [6.45, 7) is 1.28. The lowest BCUT2D eigenvalue weighted by molar-refractivity contribution is -0.119. The van der Waals surface area contributed by atoms with Gasteiger partial charge in [0.25, 0.3) is 11.5 Å². The molecule has 0 radical (unpaired) electrons. The molecule has 1 atom stereocenters. The average molecular weight is 397 g/mol. The van der Waals surface area contributed by atoms with Gasteiger partial charge in [-0.2, -0.15) is 0 Å². The fraction of sp³-hybridized carbons (Fsp3) is 0.200. The van der Waals surface area contributed by atoms with Crippen LogP contribution in [0.15, 0.2) is 47.3 Å². The Morgan fingerprint density at radius 3 is 2.66 bits per heavy atom. The van der Waals surface area contributed by atoms with Gasteiger partial charge < -0.3 is 24.9 Å². The normalized spacial score (nSPS) is 11.7. The van der Waals surface area contributed by atoms with Crippen LogP contribution in [0.5, 0.6) is 11.5 Å². The van der Waals surface area contributed by atoms with E-state index in [4.69, 9.17) is 19.9 Å². The number of H-pyrrole nitrogens is 1. The largest absolute Gasteiger partial charge is 0.493 e. The van der Waals surface area contributed by atoms with E-state index >= 15 is 0 Å². The zero-order valence-corrected chi connectivity index (χ0v) is 15.8. The molecule has 9 nitrogen and oxygen atoms in total. The van der Waals surface area contributed by atoms with Gasteiger partial charge in [0.15, 0.2) is 30.0 Å². The van der Waals surface area contributed by atoms with Crippen LogP contribution in [0.2, 0.25) is 0 Å². The predicted octanol–water partition coefficient (Wildman–Crippen LogP) is 1.71. The molecule has 0 fully saturated rings. The summed E-state index contributed by atoms with van der Waals surface area (Å²) in [4.78, 5) is 42.5. The molecule has 0 spiro atoms. The molecule has 0 aliphatic carbocycles. The lowest BCUT2D eigenvalue weighted by Gasteiger charge is -2.14. The maximum atomic E-state index is 12.5. The van der Waals surface area contributed by atoms with E-state index in [1.54, 1.807) is 31.2 Å². The molecule has 0 aliphatic heterocycles. The van der Waals surface area contributed by atoms with Crippen LogP contribution >= 0.6 is 0 Å². The van der Waals surface area contributed by atoms with E-state index < -0.39 is 18.0 Å². The summed E-state index contributed by atoms with van der Waals surface area (Å²) in [5, 5.41) is 0.450. The van der Waals surface area contributed by atoms with Gasteiger partial charge in [-0.25, -0.2) is 9.78 Å². The molecule has 3 rings (SSSR count). The number of nitrogens with one attached hydrogen (secondary N) is 1. The first-order chi connectivity index (χ1) is 13.9. The Bertz CT molecular complexity index is 1120. The van der Waals surface area contributed by atoms with Gasteiger partial charge in [0.2, 0.25) is 0 Å². The molecule has 0 bridgehead atoms. The van der Waals surface area contributed by atoms with Crippen LogP contribution in [0.25, 0.3) is 10.9 Å². The van der Waals surface area contributed by atoms with Gasteiger partial charge in [-0.15, -0.1) is 0 Å². The number of carbonyl (C=O) groups excluding carboxylic acids is 2. The Hall–Kier alpha value is -3.88. The Kier molecular flexibility index (Phi) is 5.77. The SMILES string of the molecule is COc1cc(C(=O)OC(C)c2nc3ccccc3c(=O)[nH]2)ccc1OCC(N)=O. The molecule has 2 aromatic carbocycles. The smallest absolute Gasteiger partial charge is 0.338 e. The fourth-order valence-electron chi connectivity index (χ4n) is 2.64. The maximum Gasteiger partial charge on any atom is 0.338 e. The molecular formula is C20H19N3O6. The summed E-state index contributed by atoms with van der Waals surface area (Å²) < 4.78 is 15.8. The lowest BCUT2D eigenvalue weighted by atomic mass is 10.2. The van der Waals surface area contributed by atoms with Crippen molar-refractivity contribution in [2.75, 3.05) is 13.7 Å². The third-order valence-corrected chi connectivity index (χ3v) is 4.07. The van der Waals surface area contributed by atoms with Crippen molar-refractivity contribution in [3.63, 3.8) is 0 Å². The quantitative estimate of drug-likeness (QED) is 0.580. The highest BCUT2D eigenvalue weighted by molar-refractivity contribution is 5.90. The van der Waals surface area contributed by atoms with E-state index in [0.717, 1.165) is 0 Å². The number of fused-ring (bicyclic) bond motifs is 1. The number of rotatable bonds is 7. The van der Waals surface area contributed by atoms with Crippen LogP contribution < -0.4 is 20.8 Å². The van der Waals surface area contributed by atoms with E-state index in [1.807, 2.05) is 0 Å². The van der Waals surface area contributed by atoms with Gasteiger partial charge in [-0.1, -0.05) is 12.1 Å². The molecule has 29 heavy (non-hydrogen) atoms. The summed E-state index contributed by atoms with van der Waals surface area (Å²) >= 11 is 0. The second-order valence-corrected chi connectivity index (χ2v) is 6.14. The van der Waals surface area contributed by atoms with Crippen LogP contribution in [-0.2, 0) is 9.53 Å². The lowest BCUT2D eigenvalue weighted by Crippen LogP contribution is -2.20. The number of aromatic amines is 1. The van der Waals surface area contributed by atoms with Crippen molar-refractivity contribution in [1.29, 1.82) is 0 Å². The number of nitrogens with two attached hydrogens (primary N) is 1. The number of benzene rings is 2. The molecule has 0 saturated carbocycles. The molecule has 150 valence electrons. The third-order valence-electron chi connectivity index (χ3n) is 4.07. The Balaban J connectivity index is 1.79. The van der Waals surface area contributed by atoms with Crippen LogP contribution in [0.4, 0.5) is 0 Å². The molecule has 0 aliphatic rings. The number of aromatic nitrogens is 2. The topological polar surface area (TPSA) is 134 Å². The zero-order chi connectivity index (χ0) is 21.0. The zero-order valence-electron chi connectivity index (χ0n) is 15.8. The molecule has 1 amide bonds. The van der Waals surface area contributed by atoms with E-state index in [9.17, 15) is 14.4 Å². The van der Waals surface area contributed by atoms with Crippen molar-refractivity contribution in [2.45, 2.75) is 13.0 Å². The molecule has 1 heterocycles. The minimum Gasteiger partial charge on any atom is -0.493 e. The number of primary amides is 1. The van der Waals surface area contributed by atoms with E-state index in [-0.39, 0.29) is 35.1 Å². The van der Waals surface area contributed by atoms with E-state index in [2.05, 4.69) is 9.97 Å². The van der Waals surface area contributed by atoms with Crippen molar-refractivity contribution in [2.24, 2.45) is 5.73 Å². The van der Waals surface area contributed by atoms with Gasteiger partial charge in [-0.3, -0.25) is 9.59 Å². The molecule has 9 heteroatoms. The Morgan fingerprint density at radius 1 is 1.17 bits per heavy atom. The number of nitrogens with zero attached hydrogens (tertiary/aromatic N) is 1. The Labute approximate surface area is 165 Å². The highest BCUT2D eigenvalue weighted by Gasteiger charge is 2.19. The first-order valence-corrected chi connectivity index (χ1v) is 8.68. The number of carbonyl (C=O) groups is 2. The monoisotopic (exact) mass is 397 g/mol. The first kappa shape index (κ1) is 19.9. The number of hydrogen-bond acceptors (Lipinski definition) is 7. The van der Waals surface area contributed by atoms with Gasteiger partial charge in [0.05, 0.1) is 23.6 Å². The Morgan fingerprint density at radius 2 is 1.93 bits per heavy atom. The van der Waals surface area contributed by atoms with Crippen LogP contribution in [0.3, 0.4) is 0 Å². The second kappa shape index (κ2) is 8.42. The summed E-state index contributed by atoms with van der Waals surface area (Å²) in [7, 11) is 1.40. The molecule has 1 unspecified atom stereocenters. The number of esters is 1. The average Bonchev–Trinajstić information content (AvgIpc) is 2.71. The number of hydrogen-bond donors (Lipinski definition) is 2. The predicted molar refractivity (Wildman–Crippen MR) is 104 cm³/mol. The third kappa shape index (κ3) is 4.52. The highest BCUT2D eigenvalue weighted by Crippen LogP contribution is 2.29. The van der Waals surface area contributed by atoms with Crippen molar-refractivity contribution in [3.05, 3.63) is 64.2 Å². The first-order valence-electron chi connectivity index (χ1n) is 8.68.